The Kier molecular flexibility index (Phi) is 5.14. The van der Waals surface area contributed by atoms with Crippen LogP contribution in [-0.2, 0) is 4.79 Å². The van der Waals surface area contributed by atoms with Crippen molar-refractivity contribution < 1.29 is 4.79 Å². The molecule has 1 N–H and O–H groups in total. The summed E-state index contributed by atoms with van der Waals surface area (Å²) in [7, 11) is 2.08. The molecule has 4 rings (SSSR count). The number of fused-ring (bicyclic) bond motifs is 1. The first-order valence-electron chi connectivity index (χ1n) is 9.90. The smallest absolute Gasteiger partial charge is 0.220 e. The van der Waals surface area contributed by atoms with Crippen LogP contribution in [0.3, 0.4) is 0 Å². The average Bonchev–Trinajstić information content (AvgIpc) is 2.65. The van der Waals surface area contributed by atoms with Gasteiger partial charge in [0.25, 0.3) is 0 Å². The monoisotopic (exact) mass is 378 g/mol. The standard InChI is InChI=1S/C21H26N6O/c1-14-7-17(25-19(28)8-15-11-26(2)12-15)13-27(10-14)18-4-3-16(9-22)20-21(18)24-6-5-23-20/h3-6,14-15,17H,7-8,10-13H2,1-2H3,(H,25,28)/t14-,17+/m0/s1. The van der Waals surface area contributed by atoms with E-state index in [1.165, 1.54) is 0 Å². The summed E-state index contributed by atoms with van der Waals surface area (Å²) in [6, 6.07) is 6.08. The number of carbonyl (C=O) groups is 1. The van der Waals surface area contributed by atoms with Crippen molar-refractivity contribution in [1.29, 1.82) is 5.26 Å². The van der Waals surface area contributed by atoms with E-state index in [9.17, 15) is 10.1 Å². The summed E-state index contributed by atoms with van der Waals surface area (Å²) in [6.45, 7) is 5.88. The van der Waals surface area contributed by atoms with Gasteiger partial charge < -0.3 is 15.1 Å². The first-order valence-corrected chi connectivity index (χ1v) is 9.90. The Morgan fingerprint density at radius 2 is 1.96 bits per heavy atom. The first-order chi connectivity index (χ1) is 13.5. The van der Waals surface area contributed by atoms with Gasteiger partial charge in [0, 0.05) is 51.0 Å². The summed E-state index contributed by atoms with van der Waals surface area (Å²) in [5.41, 5.74) is 2.90. The molecule has 0 bridgehead atoms. The number of anilines is 1. The Labute approximate surface area is 165 Å². The van der Waals surface area contributed by atoms with Crippen LogP contribution in [0.15, 0.2) is 24.5 Å². The van der Waals surface area contributed by atoms with Crippen LogP contribution in [0.5, 0.6) is 0 Å². The van der Waals surface area contributed by atoms with Crippen LogP contribution in [-0.4, -0.2) is 60.0 Å². The van der Waals surface area contributed by atoms with E-state index in [1.54, 1.807) is 12.4 Å². The lowest BCUT2D eigenvalue weighted by molar-refractivity contribution is -0.124. The number of benzene rings is 1. The minimum absolute atomic E-state index is 0.122. The van der Waals surface area contributed by atoms with E-state index in [2.05, 4.69) is 45.1 Å². The highest BCUT2D eigenvalue weighted by Crippen LogP contribution is 2.30. The third-order valence-corrected chi connectivity index (χ3v) is 5.70. The molecule has 146 valence electrons. The number of hydrogen-bond acceptors (Lipinski definition) is 6. The van der Waals surface area contributed by atoms with Crippen molar-refractivity contribution in [2.75, 3.05) is 38.1 Å². The van der Waals surface area contributed by atoms with Gasteiger partial charge in [0.05, 0.1) is 11.3 Å². The van der Waals surface area contributed by atoms with Gasteiger partial charge in [-0.05, 0) is 37.4 Å². The zero-order chi connectivity index (χ0) is 19.7. The second kappa shape index (κ2) is 7.72. The Morgan fingerprint density at radius 1 is 1.21 bits per heavy atom. The van der Waals surface area contributed by atoms with Crippen molar-refractivity contribution in [1.82, 2.24) is 20.2 Å². The van der Waals surface area contributed by atoms with Crippen LogP contribution in [0.1, 0.15) is 25.3 Å². The number of rotatable bonds is 4. The molecule has 7 nitrogen and oxygen atoms in total. The fourth-order valence-corrected chi connectivity index (χ4v) is 4.55. The summed E-state index contributed by atoms with van der Waals surface area (Å²) in [6.07, 6.45) is 4.87. The topological polar surface area (TPSA) is 85.2 Å². The zero-order valence-electron chi connectivity index (χ0n) is 16.4. The van der Waals surface area contributed by atoms with Crippen molar-refractivity contribution >= 4 is 22.6 Å². The molecule has 2 saturated heterocycles. The molecule has 2 aliphatic rings. The average molecular weight is 378 g/mol. The fourth-order valence-electron chi connectivity index (χ4n) is 4.55. The second-order valence-electron chi connectivity index (χ2n) is 8.30. The normalized spacial score (nSPS) is 23.2. The van der Waals surface area contributed by atoms with Crippen LogP contribution < -0.4 is 10.2 Å². The Hall–Kier alpha value is -2.72. The number of piperidine rings is 1. The lowest BCUT2D eigenvalue weighted by atomic mass is 9.93. The van der Waals surface area contributed by atoms with Crippen molar-refractivity contribution in [3.05, 3.63) is 30.1 Å². The predicted molar refractivity (Wildman–Crippen MR) is 108 cm³/mol. The van der Waals surface area contributed by atoms with E-state index in [1.807, 2.05) is 12.1 Å². The first kappa shape index (κ1) is 18.6. The molecule has 7 heteroatoms. The molecule has 1 aromatic carbocycles. The van der Waals surface area contributed by atoms with Crippen LogP contribution in [0.2, 0.25) is 0 Å². The van der Waals surface area contributed by atoms with E-state index in [0.29, 0.717) is 29.3 Å². The van der Waals surface area contributed by atoms with E-state index in [0.717, 1.165) is 43.8 Å². The minimum Gasteiger partial charge on any atom is -0.367 e. The molecule has 3 heterocycles. The molecular formula is C21H26N6O. The fraction of sp³-hybridized carbons (Fsp3) is 0.524. The van der Waals surface area contributed by atoms with E-state index in [-0.39, 0.29) is 11.9 Å². The molecule has 1 aromatic heterocycles. The zero-order valence-corrected chi connectivity index (χ0v) is 16.4. The number of nitrogens with zero attached hydrogens (tertiary/aromatic N) is 5. The van der Waals surface area contributed by atoms with Gasteiger partial charge in [0.15, 0.2) is 0 Å². The molecule has 0 aliphatic carbocycles. The summed E-state index contributed by atoms with van der Waals surface area (Å²) >= 11 is 0. The molecule has 2 fully saturated rings. The highest BCUT2D eigenvalue weighted by molar-refractivity contribution is 5.92. The number of carbonyl (C=O) groups excluding carboxylic acids is 1. The van der Waals surface area contributed by atoms with Gasteiger partial charge in [-0.15, -0.1) is 0 Å². The molecule has 0 unspecified atom stereocenters. The van der Waals surface area contributed by atoms with Gasteiger partial charge in [-0.25, -0.2) is 0 Å². The lowest BCUT2D eigenvalue weighted by Crippen LogP contribution is -2.52. The van der Waals surface area contributed by atoms with Gasteiger partial charge in [0.1, 0.15) is 17.1 Å². The molecule has 0 saturated carbocycles. The van der Waals surface area contributed by atoms with Gasteiger partial charge >= 0.3 is 0 Å². The van der Waals surface area contributed by atoms with Crippen molar-refractivity contribution in [3.8, 4) is 6.07 Å². The Bertz CT molecular complexity index is 917. The summed E-state index contributed by atoms with van der Waals surface area (Å²) < 4.78 is 0. The molecular weight excluding hydrogens is 352 g/mol. The van der Waals surface area contributed by atoms with Gasteiger partial charge in [0.2, 0.25) is 5.91 Å². The maximum Gasteiger partial charge on any atom is 0.220 e. The largest absolute Gasteiger partial charge is 0.367 e. The van der Waals surface area contributed by atoms with Crippen molar-refractivity contribution in [3.63, 3.8) is 0 Å². The van der Waals surface area contributed by atoms with Crippen LogP contribution >= 0.6 is 0 Å². The quantitative estimate of drug-likeness (QED) is 0.873. The minimum atomic E-state index is 0.122. The number of amides is 1. The molecule has 2 atom stereocenters. The Balaban J connectivity index is 1.50. The summed E-state index contributed by atoms with van der Waals surface area (Å²) in [4.78, 5) is 25.8. The lowest BCUT2D eigenvalue weighted by Gasteiger charge is -2.39. The molecule has 2 aromatic rings. The second-order valence-corrected chi connectivity index (χ2v) is 8.30. The van der Waals surface area contributed by atoms with E-state index >= 15 is 0 Å². The van der Waals surface area contributed by atoms with E-state index < -0.39 is 0 Å². The van der Waals surface area contributed by atoms with Crippen molar-refractivity contribution in [2.45, 2.75) is 25.8 Å². The molecule has 1 amide bonds. The number of hydrogen-bond donors (Lipinski definition) is 1. The molecule has 28 heavy (non-hydrogen) atoms. The SMILES string of the molecule is C[C@H]1C[C@@H](NC(=O)CC2CN(C)C2)CN(c2ccc(C#N)c3nccnc23)C1. The van der Waals surface area contributed by atoms with Crippen LogP contribution in [0, 0.1) is 23.2 Å². The van der Waals surface area contributed by atoms with Crippen molar-refractivity contribution in [2.24, 2.45) is 11.8 Å². The van der Waals surface area contributed by atoms with Gasteiger partial charge in [-0.2, -0.15) is 5.26 Å². The maximum atomic E-state index is 12.5. The molecule has 0 radical (unpaired) electrons. The molecule has 2 aliphatic heterocycles. The van der Waals surface area contributed by atoms with Gasteiger partial charge in [-0.1, -0.05) is 6.92 Å². The number of aromatic nitrogens is 2. The summed E-state index contributed by atoms with van der Waals surface area (Å²) in [5.74, 6) is 1.10. The summed E-state index contributed by atoms with van der Waals surface area (Å²) in [5, 5.41) is 12.6. The predicted octanol–water partition coefficient (Wildman–Crippen LogP) is 1.78. The maximum absolute atomic E-state index is 12.5. The third-order valence-electron chi connectivity index (χ3n) is 5.70. The third kappa shape index (κ3) is 3.78. The Morgan fingerprint density at radius 3 is 2.68 bits per heavy atom. The highest BCUT2D eigenvalue weighted by atomic mass is 16.1. The number of nitrogens with one attached hydrogen (secondary N) is 1. The van der Waals surface area contributed by atoms with Crippen LogP contribution in [0.25, 0.3) is 11.0 Å². The number of nitriles is 1. The van der Waals surface area contributed by atoms with E-state index in [4.69, 9.17) is 0 Å². The number of likely N-dealkylation sites (tertiary alicyclic amines) is 1. The van der Waals surface area contributed by atoms with Crippen LogP contribution in [0.4, 0.5) is 5.69 Å². The highest BCUT2D eigenvalue weighted by Gasteiger charge is 2.30. The van der Waals surface area contributed by atoms with Gasteiger partial charge in [-0.3, -0.25) is 14.8 Å². The molecule has 0 spiro atoms.